The predicted octanol–water partition coefficient (Wildman–Crippen LogP) is 3.00. The van der Waals surface area contributed by atoms with Crippen molar-refractivity contribution in [1.29, 1.82) is 0 Å². The summed E-state index contributed by atoms with van der Waals surface area (Å²) >= 11 is 2.21. The van der Waals surface area contributed by atoms with Gasteiger partial charge in [-0.25, -0.2) is 0 Å². The Balaban J connectivity index is 1.74. The maximum absolute atomic E-state index is 13.3. The molecule has 6 nitrogen and oxygen atoms in total. The van der Waals surface area contributed by atoms with Crippen molar-refractivity contribution in [3.63, 3.8) is 0 Å². The Hall–Kier alpha value is -1.94. The minimum atomic E-state index is -1.27. The van der Waals surface area contributed by atoms with E-state index in [-0.39, 0.29) is 12.4 Å². The number of aliphatic hydroxyl groups is 3. The van der Waals surface area contributed by atoms with Gasteiger partial charge in [-0.1, -0.05) is 0 Å². The molecule has 0 fully saturated rings. The van der Waals surface area contributed by atoms with E-state index in [2.05, 4.69) is 22.6 Å². The number of carbonyl (C=O) groups is 1. The van der Waals surface area contributed by atoms with Gasteiger partial charge in [0.1, 0.15) is 35.9 Å². The van der Waals surface area contributed by atoms with Gasteiger partial charge in [-0.3, -0.25) is 4.79 Å². The second-order valence-electron chi connectivity index (χ2n) is 7.74. The molecule has 4 rings (SSSR count). The highest BCUT2D eigenvalue weighted by Gasteiger charge is 2.41. The van der Waals surface area contributed by atoms with Crippen LogP contribution in [-0.2, 0) is 5.41 Å². The maximum Gasteiger partial charge on any atom is 0.197 e. The Morgan fingerprint density at radius 1 is 1.14 bits per heavy atom. The number of fused-ring (bicyclic) bond motifs is 4. The first-order valence-electron chi connectivity index (χ1n) is 9.25. The average molecular weight is 508 g/mol. The number of ketones is 1. The third kappa shape index (κ3) is 3.35. The van der Waals surface area contributed by atoms with Crippen LogP contribution < -0.4 is 4.74 Å². The van der Waals surface area contributed by atoms with Crippen molar-refractivity contribution >= 4 is 39.3 Å². The molecule has 0 spiro atoms. The zero-order valence-electron chi connectivity index (χ0n) is 16.0. The second kappa shape index (κ2) is 7.39. The van der Waals surface area contributed by atoms with E-state index in [0.29, 0.717) is 28.2 Å². The van der Waals surface area contributed by atoms with Crippen LogP contribution in [0.15, 0.2) is 40.8 Å². The summed E-state index contributed by atoms with van der Waals surface area (Å²) < 4.78 is 12.7. The molecule has 0 amide bonds. The molecule has 7 heteroatoms. The molecule has 0 unspecified atom stereocenters. The molecule has 3 N–H and O–H groups in total. The van der Waals surface area contributed by atoms with E-state index in [0.717, 1.165) is 14.5 Å². The van der Waals surface area contributed by atoms with Crippen LogP contribution in [0.1, 0.15) is 41.1 Å². The average Bonchev–Trinajstić information content (AvgIpc) is 3.09. The summed E-state index contributed by atoms with van der Waals surface area (Å²) in [4.78, 5) is 13.3. The molecule has 3 aromatic rings. The molecule has 0 bridgehead atoms. The lowest BCUT2D eigenvalue weighted by Crippen LogP contribution is -2.34. The van der Waals surface area contributed by atoms with Crippen molar-refractivity contribution in [3.8, 4) is 5.75 Å². The van der Waals surface area contributed by atoms with Gasteiger partial charge in [0.25, 0.3) is 0 Å². The molecular weight excluding hydrogens is 487 g/mol. The highest BCUT2D eigenvalue weighted by Crippen LogP contribution is 2.46. The normalized spacial score (nSPS) is 17.0. The SMILES string of the molecule is CC1(C)c2cc(OC[C@H](O)[C@H](O)CO)ccc2C(=O)c2c1oc1cc(I)ccc21. The molecule has 0 saturated heterocycles. The van der Waals surface area contributed by atoms with E-state index in [9.17, 15) is 15.0 Å². The molecule has 1 aliphatic carbocycles. The highest BCUT2D eigenvalue weighted by atomic mass is 127. The van der Waals surface area contributed by atoms with Crippen molar-refractivity contribution in [2.75, 3.05) is 13.2 Å². The summed E-state index contributed by atoms with van der Waals surface area (Å²) in [6, 6.07) is 11.0. The number of carbonyl (C=O) groups excluding carboxylic acids is 1. The van der Waals surface area contributed by atoms with Crippen LogP contribution in [0.5, 0.6) is 5.75 Å². The number of ether oxygens (including phenoxy) is 1. The van der Waals surface area contributed by atoms with Gasteiger partial charge in [-0.15, -0.1) is 0 Å². The first-order valence-corrected chi connectivity index (χ1v) is 10.3. The molecule has 2 atom stereocenters. The number of furan rings is 1. The number of halogens is 1. The summed E-state index contributed by atoms with van der Waals surface area (Å²) in [5.74, 6) is 0.999. The minimum Gasteiger partial charge on any atom is -0.491 e. The molecular formula is C22H21IO6. The van der Waals surface area contributed by atoms with Gasteiger partial charge in [0.15, 0.2) is 5.78 Å². The van der Waals surface area contributed by atoms with Gasteiger partial charge >= 0.3 is 0 Å². The van der Waals surface area contributed by atoms with Crippen molar-refractivity contribution in [1.82, 2.24) is 0 Å². The number of rotatable bonds is 5. The molecule has 0 radical (unpaired) electrons. The lowest BCUT2D eigenvalue weighted by molar-refractivity contribution is -0.0339. The topological polar surface area (TPSA) is 100 Å². The van der Waals surface area contributed by atoms with E-state index in [4.69, 9.17) is 14.3 Å². The molecule has 1 aliphatic rings. The fourth-order valence-corrected chi connectivity index (χ4v) is 4.20. The van der Waals surface area contributed by atoms with Gasteiger partial charge < -0.3 is 24.5 Å². The fraction of sp³-hybridized carbons (Fsp3) is 0.318. The Morgan fingerprint density at radius 2 is 1.90 bits per heavy atom. The lowest BCUT2D eigenvalue weighted by atomic mass is 9.72. The number of aliphatic hydroxyl groups excluding tert-OH is 3. The molecule has 1 heterocycles. The van der Waals surface area contributed by atoms with Crippen LogP contribution in [0, 0.1) is 3.57 Å². The monoisotopic (exact) mass is 508 g/mol. The Morgan fingerprint density at radius 3 is 2.62 bits per heavy atom. The van der Waals surface area contributed by atoms with Gasteiger partial charge in [-0.2, -0.15) is 0 Å². The van der Waals surface area contributed by atoms with Crippen molar-refractivity contribution < 1.29 is 29.3 Å². The Labute approximate surface area is 181 Å². The van der Waals surface area contributed by atoms with Gasteiger partial charge in [-0.05, 0) is 78.4 Å². The van der Waals surface area contributed by atoms with Gasteiger partial charge in [0.2, 0.25) is 0 Å². The van der Waals surface area contributed by atoms with Gasteiger partial charge in [0.05, 0.1) is 12.2 Å². The lowest BCUT2D eigenvalue weighted by Gasteiger charge is -2.31. The third-order valence-electron chi connectivity index (χ3n) is 5.41. The fourth-order valence-electron chi connectivity index (χ4n) is 3.74. The molecule has 0 aliphatic heterocycles. The van der Waals surface area contributed by atoms with Crippen molar-refractivity contribution in [2.45, 2.75) is 31.5 Å². The zero-order chi connectivity index (χ0) is 20.9. The summed E-state index contributed by atoms with van der Waals surface area (Å²) in [7, 11) is 0. The van der Waals surface area contributed by atoms with Crippen LogP contribution >= 0.6 is 22.6 Å². The van der Waals surface area contributed by atoms with E-state index in [1.54, 1.807) is 18.2 Å². The summed E-state index contributed by atoms with van der Waals surface area (Å²) in [6.45, 7) is 3.27. The third-order valence-corrected chi connectivity index (χ3v) is 6.08. The van der Waals surface area contributed by atoms with Crippen molar-refractivity contribution in [2.24, 2.45) is 0 Å². The summed E-state index contributed by atoms with van der Waals surface area (Å²) in [5, 5.41) is 29.0. The van der Waals surface area contributed by atoms with Crippen LogP contribution in [0.4, 0.5) is 0 Å². The minimum absolute atomic E-state index is 0.0865. The highest BCUT2D eigenvalue weighted by molar-refractivity contribution is 14.1. The Bertz CT molecular complexity index is 1100. The van der Waals surface area contributed by atoms with Crippen LogP contribution in [0.2, 0.25) is 0 Å². The van der Waals surface area contributed by atoms with E-state index < -0.39 is 24.2 Å². The quantitative estimate of drug-likeness (QED) is 0.459. The van der Waals surface area contributed by atoms with E-state index in [1.165, 1.54) is 0 Å². The number of hydrogen-bond acceptors (Lipinski definition) is 6. The molecule has 152 valence electrons. The van der Waals surface area contributed by atoms with Crippen LogP contribution in [0.3, 0.4) is 0 Å². The zero-order valence-corrected chi connectivity index (χ0v) is 18.1. The molecule has 29 heavy (non-hydrogen) atoms. The number of benzene rings is 2. The first kappa shape index (κ1) is 20.3. The molecule has 0 saturated carbocycles. The first-order chi connectivity index (χ1) is 13.7. The molecule has 1 aromatic heterocycles. The maximum atomic E-state index is 13.3. The Kier molecular flexibility index (Phi) is 5.18. The largest absolute Gasteiger partial charge is 0.491 e. The van der Waals surface area contributed by atoms with E-state index in [1.807, 2.05) is 32.0 Å². The number of hydrogen-bond donors (Lipinski definition) is 3. The second-order valence-corrected chi connectivity index (χ2v) is 8.98. The van der Waals surface area contributed by atoms with Crippen LogP contribution in [-0.4, -0.2) is 46.5 Å². The predicted molar refractivity (Wildman–Crippen MR) is 116 cm³/mol. The summed E-state index contributed by atoms with van der Waals surface area (Å²) in [5.41, 5.74) is 2.09. The van der Waals surface area contributed by atoms with Crippen molar-refractivity contribution in [3.05, 3.63) is 62.4 Å². The van der Waals surface area contributed by atoms with Gasteiger partial charge in [0, 0.05) is 19.9 Å². The van der Waals surface area contributed by atoms with E-state index >= 15 is 0 Å². The smallest absolute Gasteiger partial charge is 0.197 e. The summed E-state index contributed by atoms with van der Waals surface area (Å²) in [6.07, 6.45) is -2.48. The standard InChI is InChI=1S/C22H21IO6/c1-22(2)15-8-12(28-10-17(26)16(25)9-24)4-6-13(15)20(27)19-14-5-3-11(23)7-18(14)29-21(19)22/h3-8,16-17,24-26H,9-10H2,1-2H3/t16-,17+/m1/s1. The molecule has 2 aromatic carbocycles. The van der Waals surface area contributed by atoms with Crippen LogP contribution in [0.25, 0.3) is 11.0 Å².